The van der Waals surface area contributed by atoms with Crippen molar-refractivity contribution < 1.29 is 40.2 Å². The third-order valence-corrected chi connectivity index (χ3v) is 8.95. The summed E-state index contributed by atoms with van der Waals surface area (Å²) in [6.45, 7) is 1.37. The van der Waals surface area contributed by atoms with E-state index in [9.17, 15) is 26.0 Å². The summed E-state index contributed by atoms with van der Waals surface area (Å²) < 4.78 is 95.6. The quantitative estimate of drug-likeness (QED) is 0.411. The zero-order chi connectivity index (χ0) is 28.9. The Kier molecular flexibility index (Phi) is 9.68. The summed E-state index contributed by atoms with van der Waals surface area (Å²) in [5, 5.41) is 0. The molecule has 4 rings (SSSR count). The summed E-state index contributed by atoms with van der Waals surface area (Å²) in [5.74, 6) is 0.494. The molecule has 1 heterocycles. The van der Waals surface area contributed by atoms with Crippen molar-refractivity contribution >= 4 is 15.7 Å². The van der Waals surface area contributed by atoms with Gasteiger partial charge in [-0.25, -0.2) is 17.5 Å². The minimum Gasteiger partial charge on any atom is -0.493 e. The first-order valence-electron chi connectivity index (χ1n) is 13.2. The molecule has 8 nitrogen and oxygen atoms in total. The number of nitrogens with one attached hydrogen (secondary N) is 1. The Hall–Kier alpha value is -2.77. The number of sulfonamides is 1. The SMILES string of the molecule is COc1ccc(S(=O)(=O)NCC2CCC(N3CCN(c4cc(F)ccc4OCC(F)(F)F)CC3)CC2)cc1OC. The van der Waals surface area contributed by atoms with E-state index in [4.69, 9.17) is 14.2 Å². The van der Waals surface area contributed by atoms with Crippen LogP contribution in [0.25, 0.3) is 0 Å². The van der Waals surface area contributed by atoms with Gasteiger partial charge in [-0.15, -0.1) is 0 Å². The standard InChI is InChI=1S/C27H35F4N3O5S/c1-37-25-10-8-22(16-26(25)38-2)40(35,36)32-17-19-3-6-21(7-4-19)33-11-13-34(14-12-33)23-15-20(28)5-9-24(23)39-18-27(29,30)31/h5,8-10,15-16,19,21,32H,3-4,6-7,11-14,17-18H2,1-2H3. The van der Waals surface area contributed by atoms with Crippen molar-refractivity contribution in [1.82, 2.24) is 9.62 Å². The maximum atomic E-state index is 13.9. The van der Waals surface area contributed by atoms with E-state index in [2.05, 4.69) is 9.62 Å². The maximum absolute atomic E-state index is 13.9. The van der Waals surface area contributed by atoms with Gasteiger partial charge in [0.2, 0.25) is 10.0 Å². The number of alkyl halides is 3. The van der Waals surface area contributed by atoms with Gasteiger partial charge in [0.25, 0.3) is 0 Å². The summed E-state index contributed by atoms with van der Waals surface area (Å²) in [5.41, 5.74) is 0.328. The molecule has 2 aromatic rings. The molecule has 1 saturated carbocycles. The average Bonchev–Trinajstić information content (AvgIpc) is 2.95. The number of rotatable bonds is 10. The number of nitrogens with zero attached hydrogens (tertiary/aromatic N) is 2. The molecule has 0 atom stereocenters. The molecule has 0 amide bonds. The predicted molar refractivity (Wildman–Crippen MR) is 142 cm³/mol. The van der Waals surface area contributed by atoms with E-state index in [1.165, 1.54) is 38.5 Å². The number of methoxy groups -OCH3 is 2. The minimum absolute atomic E-state index is 0.0169. The van der Waals surface area contributed by atoms with Gasteiger partial charge >= 0.3 is 6.18 Å². The molecule has 40 heavy (non-hydrogen) atoms. The fraction of sp³-hybridized carbons (Fsp3) is 0.556. The Morgan fingerprint density at radius 3 is 2.17 bits per heavy atom. The minimum atomic E-state index is -4.48. The highest BCUT2D eigenvalue weighted by atomic mass is 32.2. The molecule has 0 unspecified atom stereocenters. The van der Waals surface area contributed by atoms with Gasteiger partial charge in [-0.05, 0) is 55.9 Å². The average molecular weight is 590 g/mol. The first-order chi connectivity index (χ1) is 19.0. The van der Waals surface area contributed by atoms with Crippen LogP contribution in [0.4, 0.5) is 23.2 Å². The van der Waals surface area contributed by atoms with Crippen molar-refractivity contribution in [2.75, 3.05) is 58.5 Å². The van der Waals surface area contributed by atoms with E-state index in [1.807, 2.05) is 4.90 Å². The van der Waals surface area contributed by atoms with Gasteiger partial charge in [0.1, 0.15) is 11.6 Å². The molecule has 2 aliphatic rings. The third-order valence-electron chi connectivity index (χ3n) is 7.53. The van der Waals surface area contributed by atoms with Crippen LogP contribution < -0.4 is 23.8 Å². The Morgan fingerprint density at radius 2 is 1.55 bits per heavy atom. The Morgan fingerprint density at radius 1 is 0.900 bits per heavy atom. The van der Waals surface area contributed by atoms with E-state index in [0.29, 0.717) is 56.0 Å². The lowest BCUT2D eigenvalue weighted by Gasteiger charge is -2.43. The van der Waals surface area contributed by atoms with Crippen molar-refractivity contribution in [3.8, 4) is 17.2 Å². The molecule has 1 aliphatic heterocycles. The highest BCUT2D eigenvalue weighted by molar-refractivity contribution is 7.89. The molecule has 0 bridgehead atoms. The molecule has 222 valence electrons. The molecule has 0 radical (unpaired) electrons. The first kappa shape index (κ1) is 30.2. The molecule has 2 fully saturated rings. The van der Waals surface area contributed by atoms with E-state index in [0.717, 1.165) is 31.7 Å². The third kappa shape index (κ3) is 7.70. The zero-order valence-corrected chi connectivity index (χ0v) is 23.4. The molecule has 1 N–H and O–H groups in total. The van der Waals surface area contributed by atoms with Crippen LogP contribution >= 0.6 is 0 Å². The summed E-state index contributed by atoms with van der Waals surface area (Å²) in [6, 6.07) is 8.37. The van der Waals surface area contributed by atoms with Crippen molar-refractivity contribution in [2.24, 2.45) is 5.92 Å². The number of anilines is 1. The number of ether oxygens (including phenoxy) is 3. The Balaban J connectivity index is 1.26. The van der Waals surface area contributed by atoms with Crippen LogP contribution in [0.15, 0.2) is 41.3 Å². The predicted octanol–water partition coefficient (Wildman–Crippen LogP) is 4.44. The second-order valence-corrected chi connectivity index (χ2v) is 11.8. The fourth-order valence-corrected chi connectivity index (χ4v) is 6.49. The summed E-state index contributed by atoms with van der Waals surface area (Å²) in [6.07, 6.45) is -0.894. The van der Waals surface area contributed by atoms with Gasteiger partial charge in [-0.3, -0.25) is 4.90 Å². The normalized spacial score (nSPS) is 20.8. The van der Waals surface area contributed by atoms with Gasteiger partial charge in [0, 0.05) is 50.9 Å². The lowest BCUT2D eigenvalue weighted by molar-refractivity contribution is -0.153. The van der Waals surface area contributed by atoms with Crippen LogP contribution in [0.5, 0.6) is 17.2 Å². The number of halogens is 4. The summed E-state index contributed by atoms with van der Waals surface area (Å²) in [7, 11) is -0.769. The van der Waals surface area contributed by atoms with E-state index < -0.39 is 28.6 Å². The van der Waals surface area contributed by atoms with Gasteiger partial charge < -0.3 is 19.1 Å². The fourth-order valence-electron chi connectivity index (χ4n) is 5.36. The van der Waals surface area contributed by atoms with Gasteiger partial charge in [-0.1, -0.05) is 0 Å². The Bertz CT molecular complexity index is 1250. The molecule has 1 aliphatic carbocycles. The van der Waals surface area contributed by atoms with Crippen LogP contribution in [-0.4, -0.2) is 79.1 Å². The molecule has 0 spiro atoms. The molecule has 0 aromatic heterocycles. The molecular formula is C27H35F4N3O5S. The summed E-state index contributed by atoms with van der Waals surface area (Å²) in [4.78, 5) is 4.33. The number of hydrogen-bond acceptors (Lipinski definition) is 7. The number of benzene rings is 2. The second-order valence-electron chi connectivity index (χ2n) is 10.1. The highest BCUT2D eigenvalue weighted by Crippen LogP contribution is 2.34. The van der Waals surface area contributed by atoms with Gasteiger partial charge in [0.15, 0.2) is 18.1 Å². The van der Waals surface area contributed by atoms with E-state index >= 15 is 0 Å². The Labute approximate surface area is 232 Å². The first-order valence-corrected chi connectivity index (χ1v) is 14.7. The number of piperazine rings is 1. The van der Waals surface area contributed by atoms with E-state index in [-0.39, 0.29) is 16.6 Å². The second kappa shape index (κ2) is 12.8. The molecule has 13 heteroatoms. The van der Waals surface area contributed by atoms with Crippen LogP contribution in [0, 0.1) is 11.7 Å². The number of hydrogen-bond donors (Lipinski definition) is 1. The van der Waals surface area contributed by atoms with Crippen LogP contribution in [-0.2, 0) is 10.0 Å². The summed E-state index contributed by atoms with van der Waals surface area (Å²) >= 11 is 0. The van der Waals surface area contributed by atoms with Crippen LogP contribution in [0.1, 0.15) is 25.7 Å². The van der Waals surface area contributed by atoms with E-state index in [1.54, 1.807) is 6.07 Å². The molecular weight excluding hydrogens is 554 g/mol. The van der Waals surface area contributed by atoms with Gasteiger partial charge in [-0.2, -0.15) is 13.2 Å². The van der Waals surface area contributed by atoms with Crippen molar-refractivity contribution in [2.45, 2.75) is 42.8 Å². The molecule has 1 saturated heterocycles. The van der Waals surface area contributed by atoms with Crippen molar-refractivity contribution in [1.29, 1.82) is 0 Å². The topological polar surface area (TPSA) is 80.3 Å². The smallest absolute Gasteiger partial charge is 0.422 e. The zero-order valence-electron chi connectivity index (χ0n) is 22.5. The molecule has 2 aromatic carbocycles. The van der Waals surface area contributed by atoms with Gasteiger partial charge in [0.05, 0.1) is 24.8 Å². The highest BCUT2D eigenvalue weighted by Gasteiger charge is 2.32. The van der Waals surface area contributed by atoms with Crippen molar-refractivity contribution in [3.05, 3.63) is 42.2 Å². The monoisotopic (exact) mass is 589 g/mol. The maximum Gasteiger partial charge on any atom is 0.422 e. The van der Waals surface area contributed by atoms with Crippen LogP contribution in [0.2, 0.25) is 0 Å². The van der Waals surface area contributed by atoms with Crippen LogP contribution in [0.3, 0.4) is 0 Å². The largest absolute Gasteiger partial charge is 0.493 e. The lowest BCUT2D eigenvalue weighted by atomic mass is 9.85. The van der Waals surface area contributed by atoms with Crippen molar-refractivity contribution in [3.63, 3.8) is 0 Å². The lowest BCUT2D eigenvalue weighted by Crippen LogP contribution is -2.51.